The third kappa shape index (κ3) is 3.48. The predicted molar refractivity (Wildman–Crippen MR) is 110 cm³/mol. The van der Waals surface area contributed by atoms with Gasteiger partial charge in [0.2, 0.25) is 0 Å². The molecule has 3 heterocycles. The number of anilines is 1. The van der Waals surface area contributed by atoms with Gasteiger partial charge < -0.3 is 19.8 Å². The highest BCUT2D eigenvalue weighted by Gasteiger charge is 2.25. The van der Waals surface area contributed by atoms with Crippen LogP contribution in [-0.4, -0.2) is 47.1 Å². The molecule has 2 aromatic heterocycles. The third-order valence-corrected chi connectivity index (χ3v) is 5.71. The second kappa shape index (κ2) is 7.35. The molecular formula is C21H24ClFN4O. The minimum absolute atomic E-state index is 0.0190. The van der Waals surface area contributed by atoms with E-state index in [1.54, 1.807) is 6.07 Å². The maximum absolute atomic E-state index is 14.9. The standard InChI is InChI=1S/C21H24ClFN4O/c1-12-6-14(24)7-17(23)20(12)21-18(8-15-11-26(3)4-5-28-15)27-10-13(2)16(22)9-19(27)25-21/h6-7,9-10,15H,4-5,8,11,24H2,1-3H3. The molecule has 28 heavy (non-hydrogen) atoms. The number of nitrogens with zero attached hydrogens (tertiary/aromatic N) is 3. The summed E-state index contributed by atoms with van der Waals surface area (Å²) in [4.78, 5) is 6.99. The van der Waals surface area contributed by atoms with Gasteiger partial charge in [0.05, 0.1) is 24.1 Å². The highest BCUT2D eigenvalue weighted by Crippen LogP contribution is 2.33. The van der Waals surface area contributed by atoms with Crippen molar-refractivity contribution in [2.24, 2.45) is 0 Å². The van der Waals surface area contributed by atoms with Crippen LogP contribution < -0.4 is 5.73 Å². The number of pyridine rings is 1. The van der Waals surface area contributed by atoms with E-state index in [4.69, 9.17) is 27.1 Å². The first-order valence-corrected chi connectivity index (χ1v) is 9.74. The Kier molecular flexibility index (Phi) is 5.04. The van der Waals surface area contributed by atoms with Crippen molar-refractivity contribution in [2.45, 2.75) is 26.4 Å². The van der Waals surface area contributed by atoms with Crippen LogP contribution in [0.1, 0.15) is 16.8 Å². The van der Waals surface area contributed by atoms with Crippen LogP contribution in [0.4, 0.5) is 10.1 Å². The fourth-order valence-corrected chi connectivity index (χ4v) is 4.03. The molecule has 1 aliphatic rings. The smallest absolute Gasteiger partial charge is 0.139 e. The number of hydrogen-bond donors (Lipinski definition) is 1. The van der Waals surface area contributed by atoms with Crippen molar-refractivity contribution < 1.29 is 9.13 Å². The van der Waals surface area contributed by atoms with Crippen LogP contribution in [0.25, 0.3) is 16.9 Å². The Morgan fingerprint density at radius 1 is 1.29 bits per heavy atom. The van der Waals surface area contributed by atoms with Gasteiger partial charge in [0.1, 0.15) is 11.5 Å². The van der Waals surface area contributed by atoms with Gasteiger partial charge in [-0.1, -0.05) is 11.6 Å². The Morgan fingerprint density at radius 3 is 2.79 bits per heavy atom. The van der Waals surface area contributed by atoms with Crippen molar-refractivity contribution in [3.05, 3.63) is 52.1 Å². The summed E-state index contributed by atoms with van der Waals surface area (Å²) in [7, 11) is 2.08. The molecule has 3 aromatic rings. The molecule has 148 valence electrons. The Morgan fingerprint density at radius 2 is 2.07 bits per heavy atom. The average molecular weight is 403 g/mol. The molecule has 0 radical (unpaired) electrons. The van der Waals surface area contributed by atoms with E-state index in [0.29, 0.717) is 40.6 Å². The molecule has 1 unspecified atom stereocenters. The fraction of sp³-hybridized carbons (Fsp3) is 0.381. The Bertz CT molecular complexity index is 1030. The van der Waals surface area contributed by atoms with Crippen molar-refractivity contribution in [1.82, 2.24) is 14.3 Å². The monoisotopic (exact) mass is 402 g/mol. The van der Waals surface area contributed by atoms with Gasteiger partial charge in [0.25, 0.3) is 0 Å². The van der Waals surface area contributed by atoms with Crippen molar-refractivity contribution in [3.8, 4) is 11.3 Å². The number of ether oxygens (including phenoxy) is 1. The minimum atomic E-state index is -0.369. The number of imidazole rings is 1. The number of aromatic nitrogens is 2. The number of rotatable bonds is 3. The first kappa shape index (κ1) is 19.2. The molecule has 0 aliphatic carbocycles. The largest absolute Gasteiger partial charge is 0.399 e. The maximum atomic E-state index is 14.9. The quantitative estimate of drug-likeness (QED) is 0.676. The van der Waals surface area contributed by atoms with Gasteiger partial charge in [-0.2, -0.15) is 0 Å². The molecule has 1 aliphatic heterocycles. The van der Waals surface area contributed by atoms with Crippen LogP contribution in [0.2, 0.25) is 5.02 Å². The lowest BCUT2D eigenvalue weighted by molar-refractivity contribution is -0.0190. The van der Waals surface area contributed by atoms with Crippen molar-refractivity contribution >= 4 is 22.9 Å². The number of morpholine rings is 1. The summed E-state index contributed by atoms with van der Waals surface area (Å²) in [5, 5.41) is 0.638. The highest BCUT2D eigenvalue weighted by atomic mass is 35.5. The fourth-order valence-electron chi connectivity index (χ4n) is 3.89. The minimum Gasteiger partial charge on any atom is -0.399 e. The van der Waals surface area contributed by atoms with E-state index in [1.165, 1.54) is 6.07 Å². The summed E-state index contributed by atoms with van der Waals surface area (Å²) in [6, 6.07) is 4.94. The van der Waals surface area contributed by atoms with Gasteiger partial charge in [0, 0.05) is 48.0 Å². The van der Waals surface area contributed by atoms with E-state index in [9.17, 15) is 4.39 Å². The number of hydrogen-bond acceptors (Lipinski definition) is 4. The SMILES string of the molecule is Cc1cn2c(CC3CN(C)CCO3)c(-c3c(C)cc(N)cc3F)nc2cc1Cl. The van der Waals surface area contributed by atoms with Crippen LogP contribution in [0.5, 0.6) is 0 Å². The van der Waals surface area contributed by atoms with Crippen LogP contribution in [-0.2, 0) is 11.2 Å². The van der Waals surface area contributed by atoms with Crippen LogP contribution >= 0.6 is 11.6 Å². The molecule has 0 saturated carbocycles. The Hall–Kier alpha value is -2.15. The highest BCUT2D eigenvalue weighted by molar-refractivity contribution is 6.31. The number of halogens is 2. The molecular weight excluding hydrogens is 379 g/mol. The summed E-state index contributed by atoms with van der Waals surface area (Å²) >= 11 is 6.31. The van der Waals surface area contributed by atoms with Crippen molar-refractivity contribution in [1.29, 1.82) is 0 Å². The van der Waals surface area contributed by atoms with E-state index >= 15 is 0 Å². The third-order valence-electron chi connectivity index (χ3n) is 5.30. The number of nitrogen functional groups attached to an aromatic ring is 1. The van der Waals surface area contributed by atoms with Gasteiger partial charge in [-0.25, -0.2) is 9.37 Å². The molecule has 1 fully saturated rings. The lowest BCUT2D eigenvalue weighted by atomic mass is 10.00. The molecule has 7 heteroatoms. The predicted octanol–water partition coefficient (Wildman–Crippen LogP) is 3.87. The Balaban J connectivity index is 1.90. The summed E-state index contributed by atoms with van der Waals surface area (Å²) in [5.41, 5.74) is 10.6. The van der Waals surface area contributed by atoms with E-state index in [-0.39, 0.29) is 11.9 Å². The van der Waals surface area contributed by atoms with Gasteiger partial charge in [-0.3, -0.25) is 0 Å². The second-order valence-corrected chi connectivity index (χ2v) is 8.00. The molecule has 1 atom stereocenters. The van der Waals surface area contributed by atoms with Crippen LogP contribution in [0.15, 0.2) is 24.4 Å². The van der Waals surface area contributed by atoms with E-state index in [1.807, 2.05) is 30.5 Å². The summed E-state index contributed by atoms with van der Waals surface area (Å²) in [6.45, 7) is 6.23. The van der Waals surface area contributed by atoms with E-state index in [2.05, 4.69) is 11.9 Å². The normalized spacial score (nSPS) is 18.1. The lowest BCUT2D eigenvalue weighted by Crippen LogP contribution is -2.41. The maximum Gasteiger partial charge on any atom is 0.139 e. The number of likely N-dealkylation sites (N-methyl/N-ethyl adjacent to an activating group) is 1. The molecule has 4 rings (SSSR count). The summed E-state index contributed by atoms with van der Waals surface area (Å²) in [5.74, 6) is -0.369. The molecule has 1 aromatic carbocycles. The van der Waals surface area contributed by atoms with Gasteiger partial charge >= 0.3 is 0 Å². The molecule has 0 amide bonds. The average Bonchev–Trinajstić information content (AvgIpc) is 2.92. The van der Waals surface area contributed by atoms with Crippen molar-refractivity contribution in [2.75, 3.05) is 32.5 Å². The topological polar surface area (TPSA) is 55.8 Å². The molecule has 0 bridgehead atoms. The van der Waals surface area contributed by atoms with Gasteiger partial charge in [-0.05, 0) is 44.2 Å². The number of nitrogens with two attached hydrogens (primary N) is 1. The first-order chi connectivity index (χ1) is 13.3. The zero-order valence-corrected chi connectivity index (χ0v) is 17.1. The zero-order valence-electron chi connectivity index (χ0n) is 16.3. The van der Waals surface area contributed by atoms with E-state index in [0.717, 1.165) is 29.9 Å². The second-order valence-electron chi connectivity index (χ2n) is 7.59. The molecule has 0 spiro atoms. The van der Waals surface area contributed by atoms with E-state index < -0.39 is 0 Å². The van der Waals surface area contributed by atoms with Crippen LogP contribution in [0.3, 0.4) is 0 Å². The van der Waals surface area contributed by atoms with Crippen molar-refractivity contribution in [3.63, 3.8) is 0 Å². The number of fused-ring (bicyclic) bond motifs is 1. The summed E-state index contributed by atoms with van der Waals surface area (Å²) < 4.78 is 22.9. The van der Waals surface area contributed by atoms with Gasteiger partial charge in [-0.15, -0.1) is 0 Å². The summed E-state index contributed by atoms with van der Waals surface area (Å²) in [6.07, 6.45) is 2.61. The molecule has 5 nitrogen and oxygen atoms in total. The zero-order chi connectivity index (χ0) is 20.0. The number of aryl methyl sites for hydroxylation is 2. The first-order valence-electron chi connectivity index (χ1n) is 9.36. The van der Waals surface area contributed by atoms with Crippen LogP contribution in [0, 0.1) is 19.7 Å². The molecule has 2 N–H and O–H groups in total. The number of benzene rings is 1. The van der Waals surface area contributed by atoms with Gasteiger partial charge in [0.15, 0.2) is 0 Å². The Labute approximate surface area is 168 Å². The lowest BCUT2D eigenvalue weighted by Gasteiger charge is -2.30. The molecule has 1 saturated heterocycles.